The van der Waals surface area contributed by atoms with Crippen LogP contribution in [-0.4, -0.2) is 209 Å². The first-order valence-corrected chi connectivity index (χ1v) is 44.2. The number of likely N-dealkylation sites (N-methyl/N-ethyl adjacent to an activating group) is 4. The average molecular weight is 1780 g/mol. The molecule has 29 heteroatoms. The monoisotopic (exact) mass is 1770 g/mol. The van der Waals surface area contributed by atoms with Crippen molar-refractivity contribution >= 4 is 106 Å². The number of ether oxygens (including phenoxy) is 2. The number of esters is 2. The van der Waals surface area contributed by atoms with Gasteiger partial charge in [-0.3, -0.25) is 62.3 Å². The van der Waals surface area contributed by atoms with Crippen molar-refractivity contribution in [3.05, 3.63) is 116 Å². The van der Waals surface area contributed by atoms with Crippen molar-refractivity contribution in [2.75, 3.05) is 41.3 Å². The summed E-state index contributed by atoms with van der Waals surface area (Å²) in [6, 6.07) is 5.34. The molecule has 0 aliphatic rings. The van der Waals surface area contributed by atoms with E-state index in [1.54, 1.807) is 69.3 Å². The summed E-state index contributed by atoms with van der Waals surface area (Å²) in [5.74, 6) is -7.94. The Hall–Kier alpha value is -9.24. The predicted molar refractivity (Wildman–Crippen MR) is 489 cm³/mol. The van der Waals surface area contributed by atoms with Gasteiger partial charge in [0.1, 0.15) is 54.5 Å². The molecule has 0 aromatic heterocycles. The van der Waals surface area contributed by atoms with Crippen LogP contribution in [-0.2, 0) is 89.4 Å². The van der Waals surface area contributed by atoms with E-state index in [9.17, 15) is 72.2 Å². The van der Waals surface area contributed by atoms with Crippen LogP contribution in [0.2, 0.25) is 10.0 Å². The van der Waals surface area contributed by atoms with Gasteiger partial charge in [-0.1, -0.05) is 168 Å². The molecule has 0 bridgehead atoms. The molecule has 0 aliphatic heterocycles. The van der Waals surface area contributed by atoms with Crippen molar-refractivity contribution in [2.45, 2.75) is 299 Å². The molecule has 0 saturated carbocycles. The van der Waals surface area contributed by atoms with Crippen LogP contribution in [0.25, 0.3) is 0 Å². The Morgan fingerprint density at radius 3 is 1.02 bits per heavy atom. The van der Waals surface area contributed by atoms with E-state index in [2.05, 4.69) is 31.9 Å². The van der Waals surface area contributed by atoms with Gasteiger partial charge in [0.25, 0.3) is 0 Å². The molecule has 7 N–H and O–H groups in total. The van der Waals surface area contributed by atoms with Crippen LogP contribution < -0.4 is 31.9 Å². The minimum Gasteiger partial charge on any atom is -0.480 e. The number of carbonyl (C=O) groups is 14. The first-order chi connectivity index (χ1) is 57.3. The summed E-state index contributed by atoms with van der Waals surface area (Å²) >= 11 is 12.2. The number of halogens is 2. The Bertz CT molecular complexity index is 3790. The van der Waals surface area contributed by atoms with Gasteiger partial charge in [0.2, 0.25) is 59.1 Å². The second-order valence-corrected chi connectivity index (χ2v) is 37.6. The number of carboxylic acids is 1. The van der Waals surface area contributed by atoms with Crippen molar-refractivity contribution < 1.29 is 81.7 Å². The Morgan fingerprint density at radius 2 is 0.750 bits per heavy atom. The number of nitrogens with zero attached hydrogens (tertiary/aromatic N) is 4. The Morgan fingerprint density at radius 1 is 0.444 bits per heavy atom. The molecule has 0 aliphatic carbocycles. The largest absolute Gasteiger partial charge is 0.480 e. The summed E-state index contributed by atoms with van der Waals surface area (Å²) in [7, 11) is 5.74. The zero-order valence-electron chi connectivity index (χ0n) is 79.9. The topological polar surface area (TPSA) is 363 Å². The molecular formula is C95H150Cl2N10O17. The maximum absolute atomic E-state index is 14.0. The SMILES string of the molecule is C/C=C(\C)[C@@H](OC(=O)C(C)(C)C)[C@@H](C)[C@@H](C)C/C=C(\C)C(=O)N[C@H](CC(C)C)C(=O)N[C@@H](C)C(=O)N(C)[C@H](Cc1ccc(Cl)cc1)C(=O)N(C)CC(=O)NC(C(=O)O)[C@@H](C)CC.C/C=C(\C)[C@@H](OC(=O)C(C)(C)C)[C@@H](C)[C@@H](C)C/C=C(\C)C(=O)N[C@H](CC(C)C)C(=O)N[C@@H](C)C(=O)N(C)[C@H](Cc1ccc(Cl)cc1)C(=O)N(C)CC(=O)NC(C(C)=O)[C@@H](C)CC. The van der Waals surface area contributed by atoms with Gasteiger partial charge in [0.15, 0.2) is 5.78 Å². The van der Waals surface area contributed by atoms with E-state index in [1.165, 1.54) is 63.7 Å². The first-order valence-electron chi connectivity index (χ1n) is 43.4. The van der Waals surface area contributed by atoms with E-state index in [0.29, 0.717) is 64.4 Å². The minimum atomic E-state index is -1.19. The summed E-state index contributed by atoms with van der Waals surface area (Å²) in [6.45, 7) is 48.6. The van der Waals surface area contributed by atoms with Gasteiger partial charge in [-0.25, -0.2) is 4.79 Å². The summed E-state index contributed by atoms with van der Waals surface area (Å²) in [4.78, 5) is 191. The second kappa shape index (κ2) is 53.3. The van der Waals surface area contributed by atoms with Crippen LogP contribution in [0, 0.1) is 58.2 Å². The molecule has 124 heavy (non-hydrogen) atoms. The summed E-state index contributed by atoms with van der Waals surface area (Å²) in [5.41, 5.74) is 2.76. The lowest BCUT2D eigenvalue weighted by molar-refractivity contribution is -0.160. The lowest BCUT2D eigenvalue weighted by atomic mass is 9.84. The highest BCUT2D eigenvalue weighted by Gasteiger charge is 2.40. The molecule has 696 valence electrons. The van der Waals surface area contributed by atoms with Gasteiger partial charge in [-0.05, 0) is 223 Å². The number of amides is 10. The smallest absolute Gasteiger partial charge is 0.326 e. The zero-order chi connectivity index (χ0) is 95.6. The quantitative estimate of drug-likeness (QED) is 0.0184. The molecule has 0 heterocycles. The molecule has 0 radical (unpaired) electrons. The molecule has 0 spiro atoms. The van der Waals surface area contributed by atoms with E-state index in [4.69, 9.17) is 32.7 Å². The van der Waals surface area contributed by atoms with Gasteiger partial charge >= 0.3 is 17.9 Å². The molecular weight excluding hydrogens is 1620 g/mol. The predicted octanol–water partition coefficient (Wildman–Crippen LogP) is 13.2. The van der Waals surface area contributed by atoms with E-state index in [1.807, 2.05) is 170 Å². The molecule has 16 atom stereocenters. The third-order valence-electron chi connectivity index (χ3n) is 22.8. The van der Waals surface area contributed by atoms with Gasteiger partial charge in [0.05, 0.1) is 30.0 Å². The fourth-order valence-corrected chi connectivity index (χ4v) is 13.5. The van der Waals surface area contributed by atoms with Crippen molar-refractivity contribution in [1.29, 1.82) is 0 Å². The number of ketones is 1. The molecule has 0 fully saturated rings. The van der Waals surface area contributed by atoms with Crippen molar-refractivity contribution in [3.63, 3.8) is 0 Å². The fourth-order valence-electron chi connectivity index (χ4n) is 13.3. The summed E-state index contributed by atoms with van der Waals surface area (Å²) in [5, 5.41) is 27.0. The van der Waals surface area contributed by atoms with Crippen LogP contribution in [0.3, 0.4) is 0 Å². The molecule has 27 nitrogen and oxygen atoms in total. The van der Waals surface area contributed by atoms with E-state index in [0.717, 1.165) is 16.0 Å². The highest BCUT2D eigenvalue weighted by atomic mass is 35.5. The molecule has 2 aromatic carbocycles. The highest BCUT2D eigenvalue weighted by molar-refractivity contribution is 6.30. The van der Waals surface area contributed by atoms with Gasteiger partial charge < -0.3 is 66.1 Å². The lowest BCUT2D eigenvalue weighted by Gasteiger charge is -2.33. The van der Waals surface area contributed by atoms with Crippen molar-refractivity contribution in [1.82, 2.24) is 51.5 Å². The Kier molecular flexibility index (Phi) is 48.5. The van der Waals surface area contributed by atoms with Gasteiger partial charge in [0, 0.05) is 62.2 Å². The van der Waals surface area contributed by atoms with Crippen molar-refractivity contribution in [3.8, 4) is 0 Å². The Labute approximate surface area is 749 Å². The maximum Gasteiger partial charge on any atom is 0.326 e. The molecule has 0 saturated heterocycles. The van der Waals surface area contributed by atoms with Crippen LogP contribution in [0.4, 0.5) is 0 Å². The number of carbonyl (C=O) groups excluding carboxylic acids is 13. The number of rotatable bonds is 46. The van der Waals surface area contributed by atoms with Gasteiger partial charge in [-0.15, -0.1) is 0 Å². The fraction of sp³-hybridized carbons (Fsp3) is 0.642. The van der Waals surface area contributed by atoms with Crippen LogP contribution in [0.5, 0.6) is 0 Å². The van der Waals surface area contributed by atoms with E-state index < -0.39 is 143 Å². The molecule has 2 aromatic rings. The van der Waals surface area contributed by atoms with Crippen LogP contribution in [0.15, 0.2) is 95.1 Å². The van der Waals surface area contributed by atoms with Crippen LogP contribution in [0.1, 0.15) is 237 Å². The Balaban J connectivity index is 0.00000124. The minimum absolute atomic E-state index is 0.00225. The highest BCUT2D eigenvalue weighted by Crippen LogP contribution is 2.32. The number of allylic oxidation sites excluding steroid dienone is 4. The zero-order valence-corrected chi connectivity index (χ0v) is 81.4. The third kappa shape index (κ3) is 37.9. The van der Waals surface area contributed by atoms with Crippen LogP contribution >= 0.6 is 23.2 Å². The lowest BCUT2D eigenvalue weighted by Crippen LogP contribution is -2.57. The van der Waals surface area contributed by atoms with Gasteiger partial charge in [-0.2, -0.15) is 0 Å². The number of hydrogen-bond acceptors (Lipinski definition) is 16. The van der Waals surface area contributed by atoms with E-state index >= 15 is 0 Å². The standard InChI is InChI=1S/C48H76ClN5O8.C47H74ClN5O9/c1-17-29(5)41(35(11)55)52-40(56)27-53(15)46(60)39(26-36-21-23-37(49)24-22-36)54(16)45(59)34(10)50-44(58)38(25-28(3)4)51-43(57)32(8)20-19-31(7)33(9)42(30(6)18-2)62-47(61)48(12,13)14;1-16-28(5)39(45(59)60)51-38(54)26-52(14)44(58)37(25-34-20-22-35(48)23-21-34)53(15)43(57)33(10)49-42(56)36(24-27(3)4)50-41(55)31(8)19-18-30(7)32(9)40(29(6)17-2)62-46(61)47(11,12)13/h18,20-24,28-29,31,33-34,38-39,41-42H,17,19,25-27H2,1-16H3,(H,50,58)(H,51,57)(H,52,56);17,19-23,27-28,30,32-33,36-37,39-40H,16,18,24-26H2,1-15H3,(H,49,56)(H,50,55)(H,51,54)(H,59,60)/b30-18+,32-20+;29-17+,31-19+/t29-,31-,33-,34-,38+,39+,41?,42+;28-,30-,32-,33-,36+,37+,39?,40+/m00/s1. The number of Topliss-reactive ketones (excluding diaryl/α,β-unsaturated/α-hetero) is 1. The number of benzene rings is 2. The normalized spacial score (nSPS) is 16.1. The molecule has 2 rings (SSSR count). The second-order valence-electron chi connectivity index (χ2n) is 36.7. The number of carboxylic acid groups (broad SMARTS) is 1. The molecule has 2 unspecified atom stereocenters. The average Bonchev–Trinajstić information content (AvgIpc) is 0.829. The van der Waals surface area contributed by atoms with E-state index in [-0.39, 0.29) is 90.9 Å². The number of hydrogen-bond donors (Lipinski definition) is 7. The first kappa shape index (κ1) is 113. The summed E-state index contributed by atoms with van der Waals surface area (Å²) < 4.78 is 11.9. The summed E-state index contributed by atoms with van der Waals surface area (Å²) in [6.07, 6.45) is 9.56. The third-order valence-corrected chi connectivity index (χ3v) is 23.3. The number of aliphatic carboxylic acids is 1. The molecule has 10 amide bonds. The number of nitrogens with one attached hydrogen (secondary N) is 6. The van der Waals surface area contributed by atoms with Crippen molar-refractivity contribution in [2.24, 2.45) is 58.2 Å². The maximum atomic E-state index is 14.0.